The Hall–Kier alpha value is -0.440. The molecular formula is C17H25BrF2. The van der Waals surface area contributed by atoms with E-state index in [1.165, 1.54) is 57.1 Å². The Balaban J connectivity index is 2.13. The van der Waals surface area contributed by atoms with Crippen LogP contribution in [0, 0.1) is 11.6 Å². The second-order valence-corrected chi connectivity index (χ2v) is 6.75. The first-order valence-electron chi connectivity index (χ1n) is 7.71. The van der Waals surface area contributed by atoms with Crippen LogP contribution in [0.1, 0.15) is 63.9 Å². The van der Waals surface area contributed by atoms with E-state index in [-0.39, 0.29) is 0 Å². The lowest BCUT2D eigenvalue weighted by molar-refractivity contribution is 0.506. The van der Waals surface area contributed by atoms with Gasteiger partial charge in [-0.1, -0.05) is 73.9 Å². The predicted octanol–water partition coefficient (Wildman–Crippen LogP) is 6.41. The summed E-state index contributed by atoms with van der Waals surface area (Å²) in [5, 5.41) is 0. The summed E-state index contributed by atoms with van der Waals surface area (Å²) >= 11 is 3.64. The van der Waals surface area contributed by atoms with E-state index in [1.807, 2.05) is 0 Å². The van der Waals surface area contributed by atoms with E-state index in [2.05, 4.69) is 22.9 Å². The van der Waals surface area contributed by atoms with Crippen molar-refractivity contribution in [2.45, 2.75) is 69.5 Å². The molecule has 0 fully saturated rings. The zero-order chi connectivity index (χ0) is 14.8. The molecule has 0 radical (unpaired) electrons. The molecule has 0 amide bonds. The maximum absolute atomic E-state index is 13.1. The van der Waals surface area contributed by atoms with Crippen LogP contribution >= 0.6 is 15.9 Å². The van der Waals surface area contributed by atoms with Crippen molar-refractivity contribution in [3.63, 3.8) is 0 Å². The summed E-state index contributed by atoms with van der Waals surface area (Å²) < 4.78 is 25.9. The first-order valence-corrected chi connectivity index (χ1v) is 8.63. The summed E-state index contributed by atoms with van der Waals surface area (Å²) in [6, 6.07) is 4.17. The van der Waals surface area contributed by atoms with E-state index in [1.54, 1.807) is 6.07 Å². The van der Waals surface area contributed by atoms with Crippen molar-refractivity contribution in [3.05, 3.63) is 35.4 Å². The van der Waals surface area contributed by atoms with Gasteiger partial charge in [-0.2, -0.15) is 0 Å². The third kappa shape index (κ3) is 7.37. The highest BCUT2D eigenvalue weighted by Gasteiger charge is 2.08. The molecule has 3 heteroatoms. The molecule has 0 bridgehead atoms. The van der Waals surface area contributed by atoms with E-state index in [4.69, 9.17) is 0 Å². The minimum Gasteiger partial charge on any atom is -0.204 e. The van der Waals surface area contributed by atoms with Crippen molar-refractivity contribution >= 4 is 15.9 Å². The lowest BCUT2D eigenvalue weighted by atomic mass is 10.0. The first kappa shape index (κ1) is 17.6. The second-order valence-electron chi connectivity index (χ2n) is 5.46. The minimum atomic E-state index is -0.771. The third-order valence-electron chi connectivity index (χ3n) is 3.56. The topological polar surface area (TPSA) is 0 Å². The van der Waals surface area contributed by atoms with E-state index >= 15 is 0 Å². The van der Waals surface area contributed by atoms with E-state index < -0.39 is 11.6 Å². The third-order valence-corrected chi connectivity index (χ3v) is 4.34. The normalized spacial score (nSPS) is 12.6. The van der Waals surface area contributed by atoms with Crippen LogP contribution in [0.15, 0.2) is 18.2 Å². The smallest absolute Gasteiger partial charge is 0.159 e. The van der Waals surface area contributed by atoms with Crippen LogP contribution in [0.4, 0.5) is 8.78 Å². The molecule has 0 saturated carbocycles. The number of benzene rings is 1. The van der Waals surface area contributed by atoms with Gasteiger partial charge in [-0.15, -0.1) is 0 Å². The number of rotatable bonds is 10. The van der Waals surface area contributed by atoms with Gasteiger partial charge < -0.3 is 0 Å². The van der Waals surface area contributed by atoms with Gasteiger partial charge in [0.2, 0.25) is 0 Å². The standard InChI is InChI=1S/C17H25BrF2/c1-2-3-4-5-6-7-8-9-15(18)12-14-10-11-16(19)17(20)13-14/h10-11,13,15H,2-9,12H2,1H3. The molecule has 0 heterocycles. The Morgan fingerprint density at radius 3 is 2.25 bits per heavy atom. The van der Waals surface area contributed by atoms with E-state index in [0.717, 1.165) is 18.4 Å². The molecule has 0 aliphatic rings. The van der Waals surface area contributed by atoms with Crippen LogP contribution < -0.4 is 0 Å². The monoisotopic (exact) mass is 346 g/mol. The molecule has 0 aliphatic heterocycles. The average Bonchev–Trinajstić information content (AvgIpc) is 2.42. The molecule has 0 saturated heterocycles. The quantitative estimate of drug-likeness (QED) is 0.339. The molecule has 0 aliphatic carbocycles. The first-order chi connectivity index (χ1) is 9.63. The SMILES string of the molecule is CCCCCCCCCC(Br)Cc1ccc(F)c(F)c1. The number of alkyl halides is 1. The number of halogens is 3. The van der Waals surface area contributed by atoms with Crippen molar-refractivity contribution in [1.82, 2.24) is 0 Å². The predicted molar refractivity (Wildman–Crippen MR) is 85.4 cm³/mol. The Morgan fingerprint density at radius 2 is 1.60 bits per heavy atom. The van der Waals surface area contributed by atoms with Gasteiger partial charge in [0.05, 0.1) is 0 Å². The Labute approximate surface area is 130 Å². The van der Waals surface area contributed by atoms with E-state index in [0.29, 0.717) is 4.83 Å². The molecule has 0 spiro atoms. The van der Waals surface area contributed by atoms with Crippen molar-refractivity contribution in [3.8, 4) is 0 Å². The van der Waals surface area contributed by atoms with E-state index in [9.17, 15) is 8.78 Å². The molecule has 114 valence electrons. The summed E-state index contributed by atoms with van der Waals surface area (Å²) in [6.07, 6.45) is 10.9. The minimum absolute atomic E-state index is 0.350. The summed E-state index contributed by atoms with van der Waals surface area (Å²) in [5.74, 6) is -1.52. The Morgan fingerprint density at radius 1 is 0.950 bits per heavy atom. The molecule has 20 heavy (non-hydrogen) atoms. The van der Waals surface area contributed by atoms with Crippen LogP contribution in [0.3, 0.4) is 0 Å². The van der Waals surface area contributed by atoms with Gasteiger partial charge in [0.25, 0.3) is 0 Å². The van der Waals surface area contributed by atoms with Crippen molar-refractivity contribution in [2.24, 2.45) is 0 Å². The summed E-state index contributed by atoms with van der Waals surface area (Å²) in [5.41, 5.74) is 0.855. The van der Waals surface area contributed by atoms with Gasteiger partial charge in [0.1, 0.15) is 0 Å². The van der Waals surface area contributed by atoms with Crippen LogP contribution in [0.25, 0.3) is 0 Å². The molecule has 1 aromatic rings. The van der Waals surface area contributed by atoms with Gasteiger partial charge >= 0.3 is 0 Å². The average molecular weight is 347 g/mol. The highest BCUT2D eigenvalue weighted by molar-refractivity contribution is 9.09. The second kappa shape index (κ2) is 10.3. The summed E-state index contributed by atoms with van der Waals surface area (Å²) in [4.78, 5) is 0.350. The van der Waals surface area contributed by atoms with Gasteiger partial charge in [0, 0.05) is 4.83 Å². The van der Waals surface area contributed by atoms with Crippen LogP contribution in [0.5, 0.6) is 0 Å². The molecule has 1 rings (SSSR count). The lowest BCUT2D eigenvalue weighted by Crippen LogP contribution is -2.03. The maximum atomic E-state index is 13.1. The zero-order valence-corrected chi connectivity index (χ0v) is 13.9. The van der Waals surface area contributed by atoms with Crippen LogP contribution in [-0.4, -0.2) is 4.83 Å². The van der Waals surface area contributed by atoms with Gasteiger partial charge in [-0.3, -0.25) is 0 Å². The summed E-state index contributed by atoms with van der Waals surface area (Å²) in [6.45, 7) is 2.23. The van der Waals surface area contributed by atoms with Crippen molar-refractivity contribution in [1.29, 1.82) is 0 Å². The number of unbranched alkanes of at least 4 members (excludes halogenated alkanes) is 6. The van der Waals surface area contributed by atoms with Gasteiger partial charge in [-0.05, 0) is 30.5 Å². The molecule has 1 atom stereocenters. The van der Waals surface area contributed by atoms with Crippen molar-refractivity contribution in [2.75, 3.05) is 0 Å². The van der Waals surface area contributed by atoms with Crippen LogP contribution in [-0.2, 0) is 6.42 Å². The lowest BCUT2D eigenvalue weighted by Gasteiger charge is -2.10. The highest BCUT2D eigenvalue weighted by atomic mass is 79.9. The molecule has 1 unspecified atom stereocenters. The molecule has 0 N–H and O–H groups in total. The van der Waals surface area contributed by atoms with Gasteiger partial charge in [-0.25, -0.2) is 8.78 Å². The molecule has 1 aromatic carbocycles. The fraction of sp³-hybridized carbons (Fsp3) is 0.647. The molecule has 0 nitrogen and oxygen atoms in total. The Kier molecular flexibility index (Phi) is 9.08. The van der Waals surface area contributed by atoms with Crippen molar-refractivity contribution < 1.29 is 8.78 Å². The highest BCUT2D eigenvalue weighted by Crippen LogP contribution is 2.19. The zero-order valence-electron chi connectivity index (χ0n) is 12.3. The van der Waals surface area contributed by atoms with Crippen LogP contribution in [0.2, 0.25) is 0 Å². The summed E-state index contributed by atoms with van der Waals surface area (Å²) in [7, 11) is 0. The molecular weight excluding hydrogens is 322 g/mol. The fourth-order valence-corrected chi connectivity index (χ4v) is 3.04. The fourth-order valence-electron chi connectivity index (χ4n) is 2.35. The Bertz CT molecular complexity index is 379. The largest absolute Gasteiger partial charge is 0.204 e. The molecule has 0 aromatic heterocycles. The number of hydrogen-bond donors (Lipinski definition) is 0. The maximum Gasteiger partial charge on any atom is 0.159 e. The number of hydrogen-bond acceptors (Lipinski definition) is 0. The van der Waals surface area contributed by atoms with Gasteiger partial charge in [0.15, 0.2) is 11.6 Å².